The van der Waals surface area contributed by atoms with E-state index >= 15 is 0 Å². The van der Waals surface area contributed by atoms with Crippen molar-refractivity contribution in [2.45, 2.75) is 38.2 Å². The number of anilines is 1. The second-order valence-electron chi connectivity index (χ2n) is 7.96. The van der Waals surface area contributed by atoms with Crippen molar-refractivity contribution in [2.24, 2.45) is 17.8 Å². The van der Waals surface area contributed by atoms with Crippen molar-refractivity contribution in [3.05, 3.63) is 18.0 Å². The molecule has 134 valence electrons. The van der Waals surface area contributed by atoms with Gasteiger partial charge in [-0.15, -0.1) is 0 Å². The molecule has 4 aliphatic rings. The Labute approximate surface area is 148 Å². The highest BCUT2D eigenvalue weighted by molar-refractivity contribution is 5.82. The van der Waals surface area contributed by atoms with Crippen LogP contribution in [-0.4, -0.2) is 53.6 Å². The van der Waals surface area contributed by atoms with E-state index in [1.807, 2.05) is 17.2 Å². The first-order chi connectivity index (χ1) is 12.3. The largest absolute Gasteiger partial charge is 0.368 e. The molecule has 0 spiro atoms. The summed E-state index contributed by atoms with van der Waals surface area (Å²) in [6, 6.07) is 1.93. The summed E-state index contributed by atoms with van der Waals surface area (Å²) in [7, 11) is 0. The predicted octanol–water partition coefficient (Wildman–Crippen LogP) is 2.02. The van der Waals surface area contributed by atoms with Gasteiger partial charge in [-0.2, -0.15) is 0 Å². The predicted molar refractivity (Wildman–Crippen MR) is 93.1 cm³/mol. The molecule has 0 unspecified atom stereocenters. The summed E-state index contributed by atoms with van der Waals surface area (Å²) in [6.07, 6.45) is 7.89. The van der Waals surface area contributed by atoms with E-state index < -0.39 is 0 Å². The number of hydrogen-bond acceptors (Lipinski definition) is 5. The topological polar surface area (TPSA) is 58.6 Å². The van der Waals surface area contributed by atoms with Gasteiger partial charge in [-0.05, 0) is 50.0 Å². The van der Waals surface area contributed by atoms with Crippen LogP contribution in [0.1, 0.15) is 43.9 Å². The van der Waals surface area contributed by atoms with Crippen LogP contribution in [0.4, 0.5) is 5.95 Å². The molecule has 5 rings (SSSR count). The molecule has 1 aromatic rings. The summed E-state index contributed by atoms with van der Waals surface area (Å²) >= 11 is 0. The number of carbonyl (C=O) groups excluding carboxylic acids is 1. The third-order valence-electron chi connectivity index (χ3n) is 6.15. The number of ether oxygens (including phenoxy) is 1. The Kier molecular flexibility index (Phi) is 3.88. The van der Waals surface area contributed by atoms with Crippen LogP contribution in [0.25, 0.3) is 0 Å². The summed E-state index contributed by atoms with van der Waals surface area (Å²) < 4.78 is 5.95. The molecule has 25 heavy (non-hydrogen) atoms. The van der Waals surface area contributed by atoms with E-state index in [1.54, 1.807) is 0 Å². The molecule has 1 amide bonds. The lowest BCUT2D eigenvalue weighted by Gasteiger charge is -2.33. The van der Waals surface area contributed by atoms with Crippen LogP contribution in [0.2, 0.25) is 0 Å². The third-order valence-corrected chi connectivity index (χ3v) is 6.15. The Bertz CT molecular complexity index is 657. The van der Waals surface area contributed by atoms with E-state index in [-0.39, 0.29) is 12.0 Å². The van der Waals surface area contributed by atoms with Gasteiger partial charge in [0.25, 0.3) is 0 Å². The first-order valence-electron chi connectivity index (χ1n) is 9.78. The molecule has 6 nitrogen and oxygen atoms in total. The lowest BCUT2D eigenvalue weighted by Crippen LogP contribution is -2.43. The number of morpholine rings is 1. The van der Waals surface area contributed by atoms with Crippen molar-refractivity contribution in [3.63, 3.8) is 0 Å². The molecule has 0 N–H and O–H groups in total. The molecule has 6 heteroatoms. The zero-order valence-electron chi connectivity index (χ0n) is 14.6. The van der Waals surface area contributed by atoms with Crippen molar-refractivity contribution >= 4 is 11.9 Å². The van der Waals surface area contributed by atoms with Crippen LogP contribution in [-0.2, 0) is 9.53 Å². The van der Waals surface area contributed by atoms with Crippen molar-refractivity contribution in [2.75, 3.05) is 37.7 Å². The van der Waals surface area contributed by atoms with Gasteiger partial charge in [-0.3, -0.25) is 4.79 Å². The van der Waals surface area contributed by atoms with E-state index in [9.17, 15) is 4.79 Å². The molecule has 2 saturated carbocycles. The molecule has 0 bridgehead atoms. The fraction of sp³-hybridized carbons (Fsp3) is 0.737. The molecule has 3 atom stereocenters. The number of carbonyl (C=O) groups is 1. The zero-order chi connectivity index (χ0) is 16.8. The molecule has 2 saturated heterocycles. The van der Waals surface area contributed by atoms with Gasteiger partial charge in [0, 0.05) is 31.7 Å². The van der Waals surface area contributed by atoms with Crippen molar-refractivity contribution in [3.8, 4) is 0 Å². The Hall–Kier alpha value is -1.69. The number of nitrogens with zero attached hydrogens (tertiary/aromatic N) is 4. The van der Waals surface area contributed by atoms with Crippen LogP contribution < -0.4 is 4.90 Å². The first-order valence-corrected chi connectivity index (χ1v) is 9.78. The van der Waals surface area contributed by atoms with Crippen LogP contribution in [0, 0.1) is 17.8 Å². The van der Waals surface area contributed by atoms with E-state index in [0.29, 0.717) is 31.5 Å². The number of rotatable bonds is 4. The van der Waals surface area contributed by atoms with Gasteiger partial charge >= 0.3 is 0 Å². The van der Waals surface area contributed by atoms with Gasteiger partial charge in [0.2, 0.25) is 11.9 Å². The molecular weight excluding hydrogens is 316 g/mol. The van der Waals surface area contributed by atoms with Crippen molar-refractivity contribution < 1.29 is 9.53 Å². The average Bonchev–Trinajstić information content (AvgIpc) is 3.58. The Morgan fingerprint density at radius 3 is 2.84 bits per heavy atom. The highest BCUT2D eigenvalue weighted by Crippen LogP contribution is 2.55. The summed E-state index contributed by atoms with van der Waals surface area (Å²) in [5.41, 5.74) is 0.906. The summed E-state index contributed by atoms with van der Waals surface area (Å²) in [5.74, 6) is 2.96. The van der Waals surface area contributed by atoms with Gasteiger partial charge in [0.1, 0.15) is 6.10 Å². The molecule has 2 aliphatic heterocycles. The second-order valence-corrected chi connectivity index (χ2v) is 7.96. The fourth-order valence-corrected chi connectivity index (χ4v) is 4.42. The maximum atomic E-state index is 12.8. The van der Waals surface area contributed by atoms with Crippen LogP contribution in [0.15, 0.2) is 12.3 Å². The Balaban J connectivity index is 1.26. The van der Waals surface area contributed by atoms with Gasteiger partial charge < -0.3 is 14.5 Å². The van der Waals surface area contributed by atoms with Crippen LogP contribution >= 0.6 is 0 Å². The molecule has 3 heterocycles. The monoisotopic (exact) mass is 342 g/mol. The second kappa shape index (κ2) is 6.24. The standard InChI is InChI=1S/C19H26N4O2/c24-18(15-11-14(15)13-3-4-13)23-9-10-25-17(12-23)16-5-6-20-19(21-16)22-7-1-2-8-22/h5-6,13-15,17H,1-4,7-12H2/t14-,15-,17-/m1/s1. The molecule has 0 aromatic carbocycles. The van der Waals surface area contributed by atoms with Gasteiger partial charge in [-0.25, -0.2) is 9.97 Å². The summed E-state index contributed by atoms with van der Waals surface area (Å²) in [6.45, 7) is 4.00. The highest BCUT2D eigenvalue weighted by Gasteiger charge is 2.52. The third kappa shape index (κ3) is 3.12. The maximum absolute atomic E-state index is 12.8. The number of amides is 1. The van der Waals surface area contributed by atoms with Crippen LogP contribution in [0.3, 0.4) is 0 Å². The highest BCUT2D eigenvalue weighted by atomic mass is 16.5. The minimum atomic E-state index is -0.125. The molecular formula is C19H26N4O2. The normalized spacial score (nSPS) is 32.1. The number of aromatic nitrogens is 2. The molecule has 0 radical (unpaired) electrons. The Morgan fingerprint density at radius 2 is 2.04 bits per heavy atom. The lowest BCUT2D eigenvalue weighted by atomic mass is 10.1. The van der Waals surface area contributed by atoms with E-state index in [0.717, 1.165) is 37.1 Å². The quantitative estimate of drug-likeness (QED) is 0.838. The summed E-state index contributed by atoms with van der Waals surface area (Å²) in [4.78, 5) is 26.2. The summed E-state index contributed by atoms with van der Waals surface area (Å²) in [5, 5.41) is 0. The van der Waals surface area contributed by atoms with Gasteiger partial charge in [0.15, 0.2) is 0 Å². The van der Waals surface area contributed by atoms with Crippen LogP contribution in [0.5, 0.6) is 0 Å². The SMILES string of the molecule is O=C([C@@H]1C[C@@H]1C1CC1)N1CCO[C@@H](c2ccnc(N3CCCC3)n2)C1. The van der Waals surface area contributed by atoms with E-state index in [1.165, 1.54) is 25.7 Å². The molecule has 1 aromatic heterocycles. The number of hydrogen-bond donors (Lipinski definition) is 0. The van der Waals surface area contributed by atoms with Crippen molar-refractivity contribution in [1.82, 2.24) is 14.9 Å². The minimum absolute atomic E-state index is 0.125. The minimum Gasteiger partial charge on any atom is -0.368 e. The van der Waals surface area contributed by atoms with E-state index in [4.69, 9.17) is 9.72 Å². The van der Waals surface area contributed by atoms with Gasteiger partial charge in [0.05, 0.1) is 18.8 Å². The molecule has 2 aliphatic carbocycles. The molecule has 4 fully saturated rings. The zero-order valence-corrected chi connectivity index (χ0v) is 14.6. The first kappa shape index (κ1) is 15.6. The maximum Gasteiger partial charge on any atom is 0.226 e. The average molecular weight is 342 g/mol. The van der Waals surface area contributed by atoms with Crippen molar-refractivity contribution in [1.29, 1.82) is 0 Å². The Morgan fingerprint density at radius 1 is 1.20 bits per heavy atom. The fourth-order valence-electron chi connectivity index (χ4n) is 4.42. The smallest absolute Gasteiger partial charge is 0.226 e. The van der Waals surface area contributed by atoms with E-state index in [2.05, 4.69) is 9.88 Å². The lowest BCUT2D eigenvalue weighted by molar-refractivity contribution is -0.141. The van der Waals surface area contributed by atoms with Gasteiger partial charge in [-0.1, -0.05) is 0 Å².